The van der Waals surface area contributed by atoms with Crippen molar-refractivity contribution in [3.05, 3.63) is 53.6 Å². The lowest BCUT2D eigenvalue weighted by Gasteiger charge is -2.20. The first-order valence-electron chi connectivity index (χ1n) is 10.7. The number of fused-ring (bicyclic) bond motifs is 1. The maximum Gasteiger partial charge on any atom is 0.338 e. The average molecular weight is 473 g/mol. The molecule has 4 rings (SSSR count). The van der Waals surface area contributed by atoms with E-state index in [-0.39, 0.29) is 28.5 Å². The van der Waals surface area contributed by atoms with Crippen LogP contribution in [-0.2, 0) is 19.6 Å². The summed E-state index contributed by atoms with van der Waals surface area (Å²) >= 11 is 0. The zero-order valence-electron chi connectivity index (χ0n) is 17.9. The molecule has 2 aromatic rings. The molecule has 10 heteroatoms. The Hall–Kier alpha value is -3.24. The molecule has 0 spiro atoms. The van der Waals surface area contributed by atoms with Gasteiger partial charge in [0.1, 0.15) is 5.75 Å². The topological polar surface area (TPSA) is 119 Å². The molecule has 0 aliphatic carbocycles. The van der Waals surface area contributed by atoms with Crippen molar-refractivity contribution in [3.8, 4) is 5.75 Å². The van der Waals surface area contributed by atoms with Gasteiger partial charge < -0.3 is 14.8 Å². The van der Waals surface area contributed by atoms with Gasteiger partial charge >= 0.3 is 5.97 Å². The summed E-state index contributed by atoms with van der Waals surface area (Å²) in [6, 6.07) is 10.2. The van der Waals surface area contributed by atoms with E-state index in [0.717, 1.165) is 25.7 Å². The number of benzene rings is 2. The van der Waals surface area contributed by atoms with Crippen molar-refractivity contribution >= 4 is 33.4 Å². The SMILES string of the molecule is O=C1COc2ccc(C(=O)COC(=O)c3cccc(S(=O)(=O)N4CCCCCC4)c3)cc2N1. The van der Waals surface area contributed by atoms with Crippen molar-refractivity contribution in [1.29, 1.82) is 0 Å². The van der Waals surface area contributed by atoms with Gasteiger partial charge in [0.15, 0.2) is 19.0 Å². The summed E-state index contributed by atoms with van der Waals surface area (Å²) in [5.74, 6) is -1.15. The van der Waals surface area contributed by atoms with Crippen molar-refractivity contribution in [2.75, 3.05) is 31.6 Å². The lowest BCUT2D eigenvalue weighted by Crippen LogP contribution is -2.32. The number of carbonyl (C=O) groups is 3. The highest BCUT2D eigenvalue weighted by molar-refractivity contribution is 7.89. The molecule has 0 atom stereocenters. The maximum absolute atomic E-state index is 13.0. The Morgan fingerprint density at radius 1 is 1.00 bits per heavy atom. The number of hydrogen-bond acceptors (Lipinski definition) is 7. The summed E-state index contributed by atoms with van der Waals surface area (Å²) < 4.78 is 37.8. The third-order valence-electron chi connectivity index (χ3n) is 5.54. The Kier molecular flexibility index (Phi) is 6.75. The molecule has 1 N–H and O–H groups in total. The smallest absolute Gasteiger partial charge is 0.338 e. The summed E-state index contributed by atoms with van der Waals surface area (Å²) in [5.41, 5.74) is 0.657. The van der Waals surface area contributed by atoms with Crippen LogP contribution in [0.25, 0.3) is 0 Å². The Bertz CT molecular complexity index is 1190. The number of ether oxygens (including phenoxy) is 2. The molecule has 1 saturated heterocycles. The summed E-state index contributed by atoms with van der Waals surface area (Å²) in [7, 11) is -3.72. The van der Waals surface area contributed by atoms with Crippen LogP contribution in [0.3, 0.4) is 0 Å². The fraction of sp³-hybridized carbons (Fsp3) is 0.348. The summed E-state index contributed by atoms with van der Waals surface area (Å²) in [6.45, 7) is 0.287. The van der Waals surface area contributed by atoms with Gasteiger partial charge in [0.05, 0.1) is 16.1 Å². The van der Waals surface area contributed by atoms with Crippen LogP contribution >= 0.6 is 0 Å². The molecule has 9 nitrogen and oxygen atoms in total. The highest BCUT2D eigenvalue weighted by Gasteiger charge is 2.26. The van der Waals surface area contributed by atoms with Crippen molar-refractivity contribution in [2.45, 2.75) is 30.6 Å². The first-order valence-corrected chi connectivity index (χ1v) is 12.2. The number of nitrogens with one attached hydrogen (secondary N) is 1. The fourth-order valence-corrected chi connectivity index (χ4v) is 5.33. The first-order chi connectivity index (χ1) is 15.8. The Morgan fingerprint density at radius 3 is 2.52 bits per heavy atom. The molecular weight excluding hydrogens is 448 g/mol. The van der Waals surface area contributed by atoms with Gasteiger partial charge in [0.25, 0.3) is 5.91 Å². The summed E-state index contributed by atoms with van der Waals surface area (Å²) in [5, 5.41) is 2.61. The molecule has 0 radical (unpaired) electrons. The number of rotatable bonds is 6. The molecule has 2 aromatic carbocycles. The maximum atomic E-state index is 13.0. The molecule has 0 unspecified atom stereocenters. The second-order valence-corrected chi connectivity index (χ2v) is 9.83. The molecule has 0 saturated carbocycles. The number of anilines is 1. The van der Waals surface area contributed by atoms with E-state index < -0.39 is 28.4 Å². The number of Topliss-reactive ketones (excluding diaryl/α,β-unsaturated/α-hetero) is 1. The Morgan fingerprint density at radius 2 is 1.76 bits per heavy atom. The monoisotopic (exact) mass is 472 g/mol. The highest BCUT2D eigenvalue weighted by Crippen LogP contribution is 2.28. The molecule has 2 aliphatic heterocycles. The van der Waals surface area contributed by atoms with E-state index in [1.54, 1.807) is 6.07 Å². The third-order valence-corrected chi connectivity index (χ3v) is 7.44. The van der Waals surface area contributed by atoms with Crippen molar-refractivity contribution in [1.82, 2.24) is 4.31 Å². The number of esters is 1. The van der Waals surface area contributed by atoms with E-state index in [4.69, 9.17) is 9.47 Å². The van der Waals surface area contributed by atoms with Crippen LogP contribution in [-0.4, -0.2) is 56.7 Å². The lowest BCUT2D eigenvalue weighted by molar-refractivity contribution is -0.118. The van der Waals surface area contributed by atoms with E-state index in [1.807, 2.05) is 0 Å². The van der Waals surface area contributed by atoms with Crippen LogP contribution in [0.5, 0.6) is 5.75 Å². The molecule has 174 valence electrons. The second kappa shape index (κ2) is 9.72. The average Bonchev–Trinajstić information content (AvgIpc) is 3.12. The second-order valence-electron chi connectivity index (χ2n) is 7.89. The number of sulfonamides is 1. The van der Waals surface area contributed by atoms with Crippen LogP contribution in [0.15, 0.2) is 47.4 Å². The molecule has 0 aromatic heterocycles. The fourth-order valence-electron chi connectivity index (χ4n) is 3.77. The van der Waals surface area contributed by atoms with Crippen molar-refractivity contribution < 1.29 is 32.3 Å². The molecule has 1 amide bonds. The quantitative estimate of drug-likeness (QED) is 0.507. The number of nitrogens with zero attached hydrogens (tertiary/aromatic N) is 1. The largest absolute Gasteiger partial charge is 0.482 e. The van der Waals surface area contributed by atoms with Gasteiger partial charge in [0, 0.05) is 18.7 Å². The minimum Gasteiger partial charge on any atom is -0.482 e. The van der Waals surface area contributed by atoms with E-state index in [0.29, 0.717) is 24.5 Å². The molecule has 2 heterocycles. The van der Waals surface area contributed by atoms with Crippen LogP contribution < -0.4 is 10.1 Å². The van der Waals surface area contributed by atoms with Crippen LogP contribution in [0, 0.1) is 0 Å². The number of amides is 1. The standard InChI is InChI=1S/C23H24N2O7S/c26-20(16-8-9-21-19(13-16)24-22(27)15-31-21)14-32-23(28)17-6-5-7-18(12-17)33(29,30)25-10-3-1-2-4-11-25/h5-9,12-13H,1-4,10-11,14-15H2,(H,24,27). The zero-order valence-corrected chi connectivity index (χ0v) is 18.7. The lowest BCUT2D eigenvalue weighted by atomic mass is 10.1. The van der Waals surface area contributed by atoms with Crippen LogP contribution in [0.1, 0.15) is 46.4 Å². The Labute approximate surface area is 191 Å². The van der Waals surface area contributed by atoms with E-state index in [2.05, 4.69) is 5.32 Å². The number of ketones is 1. The summed E-state index contributed by atoms with van der Waals surface area (Å²) in [6.07, 6.45) is 3.61. The van der Waals surface area contributed by atoms with E-state index in [9.17, 15) is 22.8 Å². The minimum atomic E-state index is -3.72. The minimum absolute atomic E-state index is 0.0237. The molecule has 33 heavy (non-hydrogen) atoms. The van der Waals surface area contributed by atoms with Crippen molar-refractivity contribution in [2.24, 2.45) is 0 Å². The van der Waals surface area contributed by atoms with E-state index in [1.165, 1.54) is 40.7 Å². The Balaban J connectivity index is 1.42. The van der Waals surface area contributed by atoms with Gasteiger partial charge in [-0.25, -0.2) is 13.2 Å². The van der Waals surface area contributed by atoms with Gasteiger partial charge in [0.2, 0.25) is 10.0 Å². The van der Waals surface area contributed by atoms with Gasteiger partial charge in [-0.3, -0.25) is 9.59 Å². The summed E-state index contributed by atoms with van der Waals surface area (Å²) in [4.78, 5) is 36.5. The number of hydrogen-bond donors (Lipinski definition) is 1. The van der Waals surface area contributed by atoms with Crippen LogP contribution in [0.4, 0.5) is 5.69 Å². The van der Waals surface area contributed by atoms with Gasteiger partial charge in [-0.15, -0.1) is 0 Å². The zero-order chi connectivity index (χ0) is 23.4. The highest BCUT2D eigenvalue weighted by atomic mass is 32.2. The van der Waals surface area contributed by atoms with Crippen LogP contribution in [0.2, 0.25) is 0 Å². The molecule has 1 fully saturated rings. The predicted molar refractivity (Wildman–Crippen MR) is 119 cm³/mol. The predicted octanol–water partition coefficient (Wildman–Crippen LogP) is 2.62. The molecule has 0 bridgehead atoms. The van der Waals surface area contributed by atoms with Gasteiger partial charge in [-0.05, 0) is 49.2 Å². The van der Waals surface area contributed by atoms with Gasteiger partial charge in [-0.2, -0.15) is 4.31 Å². The molecular formula is C23H24N2O7S. The molecule has 2 aliphatic rings. The van der Waals surface area contributed by atoms with Crippen molar-refractivity contribution in [3.63, 3.8) is 0 Å². The first kappa shape index (κ1) is 22.9. The normalized spacial score (nSPS) is 16.7. The van der Waals surface area contributed by atoms with Gasteiger partial charge in [-0.1, -0.05) is 18.9 Å². The van der Waals surface area contributed by atoms with E-state index >= 15 is 0 Å². The third kappa shape index (κ3) is 5.23. The number of carbonyl (C=O) groups excluding carboxylic acids is 3.